The van der Waals surface area contributed by atoms with Gasteiger partial charge in [0.05, 0.1) is 18.5 Å². The van der Waals surface area contributed by atoms with Gasteiger partial charge in [0, 0.05) is 17.5 Å². The van der Waals surface area contributed by atoms with Gasteiger partial charge >= 0.3 is 0 Å². The van der Waals surface area contributed by atoms with Crippen LogP contribution < -0.4 is 4.74 Å². The van der Waals surface area contributed by atoms with Crippen molar-refractivity contribution in [3.05, 3.63) is 65.7 Å². The highest BCUT2D eigenvalue weighted by Crippen LogP contribution is 2.35. The molecule has 0 saturated heterocycles. The molecular formula is C18H14N2O. The van der Waals surface area contributed by atoms with E-state index in [1.165, 1.54) is 16.7 Å². The fourth-order valence-corrected chi connectivity index (χ4v) is 2.81. The highest BCUT2D eigenvalue weighted by molar-refractivity contribution is 5.75. The van der Waals surface area contributed by atoms with Crippen molar-refractivity contribution < 1.29 is 4.74 Å². The van der Waals surface area contributed by atoms with Crippen LogP contribution in [-0.2, 0) is 6.42 Å². The first kappa shape index (κ1) is 12.1. The summed E-state index contributed by atoms with van der Waals surface area (Å²) in [6, 6.07) is 18.4. The Morgan fingerprint density at radius 3 is 2.52 bits per heavy atom. The lowest BCUT2D eigenvalue weighted by molar-refractivity contribution is 0.415. The van der Waals surface area contributed by atoms with Gasteiger partial charge in [-0.1, -0.05) is 24.3 Å². The molecule has 0 N–H and O–H groups in total. The molecule has 0 saturated carbocycles. The van der Waals surface area contributed by atoms with Crippen LogP contribution >= 0.6 is 0 Å². The molecule has 0 radical (unpaired) electrons. The largest absolute Gasteiger partial charge is 0.497 e. The summed E-state index contributed by atoms with van der Waals surface area (Å²) in [4.78, 5) is 0. The van der Waals surface area contributed by atoms with Crippen LogP contribution in [0.5, 0.6) is 5.75 Å². The molecule has 0 fully saturated rings. The predicted molar refractivity (Wildman–Crippen MR) is 82.3 cm³/mol. The second-order valence-electron chi connectivity index (χ2n) is 5.17. The smallest absolute Gasteiger partial charge is 0.118 e. The van der Waals surface area contributed by atoms with Gasteiger partial charge in [0.15, 0.2) is 0 Å². The second-order valence-corrected chi connectivity index (χ2v) is 5.17. The van der Waals surface area contributed by atoms with E-state index < -0.39 is 0 Å². The third kappa shape index (κ3) is 1.98. The number of benzene rings is 2. The summed E-state index contributed by atoms with van der Waals surface area (Å²) in [5.74, 6) is 0.847. The Labute approximate surface area is 123 Å². The van der Waals surface area contributed by atoms with Gasteiger partial charge in [-0.05, 0) is 41.5 Å². The molecule has 1 aliphatic carbocycles. The van der Waals surface area contributed by atoms with Crippen molar-refractivity contribution in [2.75, 3.05) is 7.11 Å². The van der Waals surface area contributed by atoms with Crippen LogP contribution in [0.3, 0.4) is 0 Å². The van der Waals surface area contributed by atoms with E-state index in [2.05, 4.69) is 34.5 Å². The molecule has 0 bridgehead atoms. The minimum atomic E-state index is 0.847. The second kappa shape index (κ2) is 4.70. The van der Waals surface area contributed by atoms with Crippen LogP contribution in [0.15, 0.2) is 54.6 Å². The molecule has 0 atom stereocenters. The lowest BCUT2D eigenvalue weighted by Gasteiger charge is -2.04. The molecule has 1 heterocycles. The van der Waals surface area contributed by atoms with Crippen molar-refractivity contribution in [2.45, 2.75) is 6.42 Å². The molecule has 2 aromatic carbocycles. The summed E-state index contributed by atoms with van der Waals surface area (Å²) in [6.45, 7) is 0. The summed E-state index contributed by atoms with van der Waals surface area (Å²) in [5, 5.41) is 8.82. The van der Waals surface area contributed by atoms with E-state index in [0.29, 0.717) is 0 Å². The van der Waals surface area contributed by atoms with Crippen molar-refractivity contribution in [1.29, 1.82) is 0 Å². The molecule has 3 heteroatoms. The fraction of sp³-hybridized carbons (Fsp3) is 0.111. The van der Waals surface area contributed by atoms with Crippen molar-refractivity contribution in [3.8, 4) is 28.3 Å². The van der Waals surface area contributed by atoms with E-state index >= 15 is 0 Å². The Morgan fingerprint density at radius 2 is 1.71 bits per heavy atom. The molecule has 21 heavy (non-hydrogen) atoms. The summed E-state index contributed by atoms with van der Waals surface area (Å²) >= 11 is 0. The molecule has 102 valence electrons. The molecule has 0 unspecified atom stereocenters. The Bertz CT molecular complexity index is 810. The minimum absolute atomic E-state index is 0.847. The van der Waals surface area contributed by atoms with E-state index in [1.54, 1.807) is 7.11 Å². The number of methoxy groups -OCH3 is 1. The number of nitrogens with zero attached hydrogens (tertiary/aromatic N) is 2. The summed E-state index contributed by atoms with van der Waals surface area (Å²) < 4.78 is 5.19. The molecule has 3 aromatic rings. The van der Waals surface area contributed by atoms with Crippen LogP contribution in [0.4, 0.5) is 0 Å². The van der Waals surface area contributed by atoms with E-state index in [-0.39, 0.29) is 0 Å². The van der Waals surface area contributed by atoms with Gasteiger partial charge in [0.2, 0.25) is 0 Å². The van der Waals surface area contributed by atoms with Gasteiger partial charge in [-0.2, -0.15) is 0 Å². The highest BCUT2D eigenvalue weighted by Gasteiger charge is 2.20. The molecule has 0 aliphatic heterocycles. The van der Waals surface area contributed by atoms with Crippen molar-refractivity contribution in [2.24, 2.45) is 0 Å². The number of aromatic nitrogens is 2. The number of hydrogen-bond donors (Lipinski definition) is 0. The van der Waals surface area contributed by atoms with Gasteiger partial charge < -0.3 is 4.74 Å². The average Bonchev–Trinajstić information content (AvgIpc) is 2.92. The highest BCUT2D eigenvalue weighted by atomic mass is 16.5. The van der Waals surface area contributed by atoms with Crippen LogP contribution in [0.25, 0.3) is 22.5 Å². The first-order valence-electron chi connectivity index (χ1n) is 6.94. The lowest BCUT2D eigenvalue weighted by atomic mass is 10.1. The number of fused-ring (bicyclic) bond motifs is 3. The molecule has 0 amide bonds. The first-order valence-corrected chi connectivity index (χ1v) is 6.94. The number of rotatable bonds is 2. The van der Waals surface area contributed by atoms with Gasteiger partial charge in [0.25, 0.3) is 0 Å². The molecule has 1 aliphatic rings. The third-order valence-electron chi connectivity index (χ3n) is 3.91. The lowest BCUT2D eigenvalue weighted by Crippen LogP contribution is -1.93. The third-order valence-corrected chi connectivity index (χ3v) is 3.91. The van der Waals surface area contributed by atoms with Gasteiger partial charge in [0.1, 0.15) is 5.75 Å². The van der Waals surface area contributed by atoms with E-state index in [0.717, 1.165) is 29.1 Å². The number of ether oxygens (including phenoxy) is 1. The Kier molecular flexibility index (Phi) is 2.71. The molecule has 1 aromatic heterocycles. The number of hydrogen-bond acceptors (Lipinski definition) is 3. The SMILES string of the molecule is COc1ccc(-c2cc3c(nn2)-c2ccccc2C3)cc1. The maximum absolute atomic E-state index is 5.19. The van der Waals surface area contributed by atoms with E-state index in [9.17, 15) is 0 Å². The average molecular weight is 274 g/mol. The summed E-state index contributed by atoms with van der Waals surface area (Å²) in [6.07, 6.45) is 0.935. The van der Waals surface area contributed by atoms with Crippen LogP contribution in [0.2, 0.25) is 0 Å². The van der Waals surface area contributed by atoms with Crippen LogP contribution in [0.1, 0.15) is 11.1 Å². The fourth-order valence-electron chi connectivity index (χ4n) is 2.81. The molecule has 4 rings (SSSR count). The zero-order chi connectivity index (χ0) is 14.2. The maximum atomic E-state index is 5.19. The molecule has 3 nitrogen and oxygen atoms in total. The maximum Gasteiger partial charge on any atom is 0.118 e. The Hall–Kier alpha value is -2.68. The summed E-state index contributed by atoms with van der Waals surface area (Å²) in [5.41, 5.74) is 6.76. The molecular weight excluding hydrogens is 260 g/mol. The van der Waals surface area contributed by atoms with Crippen molar-refractivity contribution >= 4 is 0 Å². The minimum Gasteiger partial charge on any atom is -0.497 e. The van der Waals surface area contributed by atoms with Gasteiger partial charge in [-0.25, -0.2) is 0 Å². The molecule has 0 spiro atoms. The normalized spacial score (nSPS) is 11.9. The predicted octanol–water partition coefficient (Wildman–Crippen LogP) is 3.72. The van der Waals surface area contributed by atoms with Crippen LogP contribution in [-0.4, -0.2) is 17.3 Å². The van der Waals surface area contributed by atoms with E-state index in [1.807, 2.05) is 30.3 Å². The zero-order valence-corrected chi connectivity index (χ0v) is 11.7. The van der Waals surface area contributed by atoms with Gasteiger partial charge in [-0.15, -0.1) is 10.2 Å². The van der Waals surface area contributed by atoms with Crippen LogP contribution in [0, 0.1) is 0 Å². The standard InChI is InChI=1S/C18H14N2O/c1-21-15-8-6-12(7-9-15)17-11-14-10-13-4-2-3-5-16(13)18(14)20-19-17/h2-9,11H,10H2,1H3. The van der Waals surface area contributed by atoms with Crippen molar-refractivity contribution in [1.82, 2.24) is 10.2 Å². The first-order chi connectivity index (χ1) is 10.3. The topological polar surface area (TPSA) is 35.0 Å². The Morgan fingerprint density at radius 1 is 0.905 bits per heavy atom. The van der Waals surface area contributed by atoms with E-state index in [4.69, 9.17) is 4.74 Å². The zero-order valence-electron chi connectivity index (χ0n) is 11.7. The Balaban J connectivity index is 1.75. The van der Waals surface area contributed by atoms with Crippen molar-refractivity contribution in [3.63, 3.8) is 0 Å². The monoisotopic (exact) mass is 274 g/mol. The van der Waals surface area contributed by atoms with Gasteiger partial charge in [-0.3, -0.25) is 0 Å². The summed E-state index contributed by atoms with van der Waals surface area (Å²) in [7, 11) is 1.67. The quantitative estimate of drug-likeness (QED) is 0.558.